The predicted molar refractivity (Wildman–Crippen MR) is 142 cm³/mol. The van der Waals surface area contributed by atoms with Crippen LogP contribution in [0.25, 0.3) is 16.7 Å². The Labute approximate surface area is 215 Å². The molecule has 0 saturated carbocycles. The van der Waals surface area contributed by atoms with Crippen molar-refractivity contribution in [1.82, 2.24) is 30.2 Å². The summed E-state index contributed by atoms with van der Waals surface area (Å²) < 4.78 is 2.01. The number of amides is 2. The molecule has 2 amide bonds. The van der Waals surface area contributed by atoms with Gasteiger partial charge in [0, 0.05) is 50.4 Å². The number of benzene rings is 3. The molecule has 2 fully saturated rings. The standard InChI is InChI=1S/C29H30N6O2/c1-30-28(36)22-9-12-26-25(15-22)31-19-35(26)24-10-7-21(8-11-24)16-33-14-13-23-18-34(32-27(23)29(33)37)17-20-5-3-2-4-6-20/h2-12,15,19,23,27,32H,13-14,16-18H2,1H3,(H,30,36). The highest BCUT2D eigenvalue weighted by molar-refractivity contribution is 5.97. The normalized spacial score (nSPS) is 19.8. The average molecular weight is 495 g/mol. The molecule has 2 aliphatic rings. The van der Waals surface area contributed by atoms with E-state index in [2.05, 4.69) is 69.3 Å². The second kappa shape index (κ2) is 9.80. The molecular weight excluding hydrogens is 464 g/mol. The zero-order valence-electron chi connectivity index (χ0n) is 20.8. The summed E-state index contributed by atoms with van der Waals surface area (Å²) in [5.74, 6) is 0.410. The van der Waals surface area contributed by atoms with E-state index in [9.17, 15) is 9.59 Å². The minimum Gasteiger partial charge on any atom is -0.355 e. The van der Waals surface area contributed by atoms with Gasteiger partial charge in [-0.15, -0.1) is 0 Å². The van der Waals surface area contributed by atoms with Crippen LogP contribution in [0.4, 0.5) is 0 Å². The van der Waals surface area contributed by atoms with Gasteiger partial charge in [-0.3, -0.25) is 14.2 Å². The third-order valence-electron chi connectivity index (χ3n) is 7.44. The first kappa shape index (κ1) is 23.4. The fourth-order valence-electron chi connectivity index (χ4n) is 5.44. The third-order valence-corrected chi connectivity index (χ3v) is 7.44. The lowest BCUT2D eigenvalue weighted by Gasteiger charge is -2.33. The Bertz CT molecular complexity index is 1430. The molecule has 2 saturated heterocycles. The van der Waals surface area contributed by atoms with Crippen LogP contribution in [0, 0.1) is 5.92 Å². The largest absolute Gasteiger partial charge is 0.355 e. The fourth-order valence-corrected chi connectivity index (χ4v) is 5.44. The number of nitrogens with one attached hydrogen (secondary N) is 2. The molecule has 188 valence electrons. The summed E-state index contributed by atoms with van der Waals surface area (Å²) in [6.07, 6.45) is 2.78. The van der Waals surface area contributed by atoms with Crippen LogP contribution in [-0.4, -0.2) is 57.5 Å². The van der Waals surface area contributed by atoms with Gasteiger partial charge in [-0.25, -0.2) is 15.4 Å². The van der Waals surface area contributed by atoms with Crippen molar-refractivity contribution in [3.05, 3.63) is 95.8 Å². The van der Waals surface area contributed by atoms with Crippen molar-refractivity contribution in [2.75, 3.05) is 20.1 Å². The van der Waals surface area contributed by atoms with E-state index in [4.69, 9.17) is 0 Å². The molecule has 3 heterocycles. The molecule has 0 aliphatic carbocycles. The summed E-state index contributed by atoms with van der Waals surface area (Å²) in [5, 5.41) is 4.83. The Morgan fingerprint density at radius 1 is 1.03 bits per heavy atom. The highest BCUT2D eigenvalue weighted by Crippen LogP contribution is 2.27. The zero-order chi connectivity index (χ0) is 25.4. The van der Waals surface area contributed by atoms with E-state index in [1.807, 2.05) is 21.6 Å². The lowest BCUT2D eigenvalue weighted by Crippen LogP contribution is -2.52. The molecule has 3 aromatic carbocycles. The van der Waals surface area contributed by atoms with Gasteiger partial charge in [0.15, 0.2) is 0 Å². The monoisotopic (exact) mass is 494 g/mol. The van der Waals surface area contributed by atoms with Gasteiger partial charge in [0.2, 0.25) is 5.91 Å². The van der Waals surface area contributed by atoms with Crippen LogP contribution in [0.1, 0.15) is 27.9 Å². The molecule has 4 aromatic rings. The average Bonchev–Trinajstić information content (AvgIpc) is 3.55. The van der Waals surface area contributed by atoms with Crippen LogP contribution in [-0.2, 0) is 17.9 Å². The molecule has 2 unspecified atom stereocenters. The van der Waals surface area contributed by atoms with E-state index in [-0.39, 0.29) is 17.9 Å². The molecule has 2 aliphatic heterocycles. The molecule has 0 bridgehead atoms. The van der Waals surface area contributed by atoms with E-state index >= 15 is 0 Å². The maximum Gasteiger partial charge on any atom is 0.251 e. The molecule has 2 N–H and O–H groups in total. The van der Waals surface area contributed by atoms with Crippen LogP contribution in [0.15, 0.2) is 79.1 Å². The number of carbonyl (C=O) groups excluding carboxylic acids is 2. The molecule has 2 atom stereocenters. The van der Waals surface area contributed by atoms with Gasteiger partial charge in [-0.05, 0) is 47.9 Å². The number of imidazole rings is 1. The second-order valence-electron chi connectivity index (χ2n) is 9.85. The molecule has 6 rings (SSSR count). The Morgan fingerprint density at radius 2 is 1.81 bits per heavy atom. The quantitative estimate of drug-likeness (QED) is 0.431. The van der Waals surface area contributed by atoms with Crippen molar-refractivity contribution in [2.24, 2.45) is 5.92 Å². The molecule has 8 heteroatoms. The molecule has 37 heavy (non-hydrogen) atoms. The second-order valence-corrected chi connectivity index (χ2v) is 9.85. The number of carbonyl (C=O) groups is 2. The highest BCUT2D eigenvalue weighted by atomic mass is 16.2. The van der Waals surface area contributed by atoms with E-state index < -0.39 is 0 Å². The van der Waals surface area contributed by atoms with E-state index in [1.165, 1.54) is 5.56 Å². The fraction of sp³-hybridized carbons (Fsp3) is 0.276. The SMILES string of the molecule is CNC(=O)c1ccc2c(c1)ncn2-c1ccc(CN2CCC3CN(Cc4ccccc4)NC3C2=O)cc1. The van der Waals surface area contributed by atoms with Crippen LogP contribution < -0.4 is 10.7 Å². The third kappa shape index (κ3) is 4.61. The number of hydrogen-bond donors (Lipinski definition) is 2. The Hall–Kier alpha value is -4.01. The van der Waals surface area contributed by atoms with Gasteiger partial charge in [0.1, 0.15) is 12.4 Å². The van der Waals surface area contributed by atoms with Crippen molar-refractivity contribution in [3.8, 4) is 5.69 Å². The summed E-state index contributed by atoms with van der Waals surface area (Å²) in [6.45, 7) is 3.08. The number of hydrazine groups is 1. The van der Waals surface area contributed by atoms with Crippen LogP contribution in [0.3, 0.4) is 0 Å². The van der Waals surface area contributed by atoms with Crippen molar-refractivity contribution in [1.29, 1.82) is 0 Å². The predicted octanol–water partition coefficient (Wildman–Crippen LogP) is 3.12. The lowest BCUT2D eigenvalue weighted by atomic mass is 9.92. The van der Waals surface area contributed by atoms with E-state index in [0.29, 0.717) is 18.0 Å². The van der Waals surface area contributed by atoms with Crippen LogP contribution >= 0.6 is 0 Å². The number of aromatic nitrogens is 2. The number of nitrogens with zero attached hydrogens (tertiary/aromatic N) is 4. The van der Waals surface area contributed by atoms with Gasteiger partial charge in [0.25, 0.3) is 5.91 Å². The van der Waals surface area contributed by atoms with Gasteiger partial charge in [-0.1, -0.05) is 42.5 Å². The van der Waals surface area contributed by atoms with Gasteiger partial charge in [-0.2, -0.15) is 0 Å². The van der Waals surface area contributed by atoms with Gasteiger partial charge in [0.05, 0.1) is 11.0 Å². The van der Waals surface area contributed by atoms with Crippen molar-refractivity contribution >= 4 is 22.8 Å². The van der Waals surface area contributed by atoms with Crippen molar-refractivity contribution < 1.29 is 9.59 Å². The number of fused-ring (bicyclic) bond motifs is 2. The number of piperidine rings is 1. The van der Waals surface area contributed by atoms with Gasteiger partial charge >= 0.3 is 0 Å². The Kier molecular flexibility index (Phi) is 6.20. The zero-order valence-corrected chi connectivity index (χ0v) is 20.8. The van der Waals surface area contributed by atoms with Crippen LogP contribution in [0.5, 0.6) is 0 Å². The smallest absolute Gasteiger partial charge is 0.251 e. The lowest BCUT2D eigenvalue weighted by molar-refractivity contribution is -0.138. The first-order valence-electron chi connectivity index (χ1n) is 12.7. The molecule has 1 aromatic heterocycles. The number of rotatable bonds is 6. The summed E-state index contributed by atoms with van der Waals surface area (Å²) in [5.41, 5.74) is 9.09. The minimum atomic E-state index is -0.145. The molecular formula is C29H30N6O2. The topological polar surface area (TPSA) is 82.5 Å². The van der Waals surface area contributed by atoms with Crippen molar-refractivity contribution in [3.63, 3.8) is 0 Å². The summed E-state index contributed by atoms with van der Waals surface area (Å²) in [4.78, 5) is 31.7. The molecule has 8 nitrogen and oxygen atoms in total. The minimum absolute atomic E-state index is 0.129. The highest BCUT2D eigenvalue weighted by Gasteiger charge is 2.42. The van der Waals surface area contributed by atoms with E-state index in [0.717, 1.165) is 48.3 Å². The Balaban J connectivity index is 1.12. The first-order valence-corrected chi connectivity index (χ1v) is 12.7. The van der Waals surface area contributed by atoms with Crippen LogP contribution in [0.2, 0.25) is 0 Å². The van der Waals surface area contributed by atoms with Gasteiger partial charge < -0.3 is 10.2 Å². The summed E-state index contributed by atoms with van der Waals surface area (Å²) in [7, 11) is 1.62. The molecule has 0 radical (unpaired) electrons. The van der Waals surface area contributed by atoms with Crippen molar-refractivity contribution in [2.45, 2.75) is 25.6 Å². The molecule has 0 spiro atoms. The number of likely N-dealkylation sites (tertiary alicyclic amines) is 1. The first-order chi connectivity index (χ1) is 18.1. The maximum absolute atomic E-state index is 13.3. The number of hydrogen-bond acceptors (Lipinski definition) is 5. The van der Waals surface area contributed by atoms with E-state index in [1.54, 1.807) is 25.5 Å². The maximum atomic E-state index is 13.3. The summed E-state index contributed by atoms with van der Waals surface area (Å²) in [6, 6.07) is 24.0. The Morgan fingerprint density at radius 3 is 2.59 bits per heavy atom. The summed E-state index contributed by atoms with van der Waals surface area (Å²) >= 11 is 0.